The summed E-state index contributed by atoms with van der Waals surface area (Å²) in [5.41, 5.74) is 3.83. The molecule has 1 aliphatic heterocycles. The molecule has 1 aliphatic rings. The van der Waals surface area contributed by atoms with E-state index >= 15 is 0 Å². The highest BCUT2D eigenvalue weighted by atomic mass is 15.2. The zero-order valence-electron chi connectivity index (χ0n) is 16.4. The standard InChI is InChI=1S/C23H27N5/c1-17(23-26-20-9-2-3-10-21(20)27-23)28-14-11-18(12-15-28)6-4-7-19-8-5-13-25-22(19)16-24/h2-3,5,8-10,13,17-18H,4,6-7,11-12,14-15H2,1H3,(H,26,27). The fourth-order valence-corrected chi connectivity index (χ4v) is 4.29. The van der Waals surface area contributed by atoms with Gasteiger partial charge in [-0.05, 0) is 75.4 Å². The van der Waals surface area contributed by atoms with E-state index in [0.717, 1.165) is 54.3 Å². The number of nitriles is 1. The van der Waals surface area contributed by atoms with Crippen LogP contribution in [0.5, 0.6) is 0 Å². The summed E-state index contributed by atoms with van der Waals surface area (Å²) in [5, 5.41) is 9.16. The van der Waals surface area contributed by atoms with Crippen molar-refractivity contribution < 1.29 is 0 Å². The molecule has 2 aromatic heterocycles. The molecule has 1 saturated heterocycles. The zero-order valence-corrected chi connectivity index (χ0v) is 16.4. The van der Waals surface area contributed by atoms with Gasteiger partial charge in [0.15, 0.2) is 0 Å². The Balaban J connectivity index is 1.27. The molecule has 0 bridgehead atoms. The van der Waals surface area contributed by atoms with Crippen molar-refractivity contribution in [2.45, 2.75) is 45.1 Å². The van der Waals surface area contributed by atoms with Gasteiger partial charge in [-0.25, -0.2) is 9.97 Å². The number of rotatable bonds is 6. The molecule has 1 aromatic carbocycles. The highest BCUT2D eigenvalue weighted by molar-refractivity contribution is 5.74. The lowest BCUT2D eigenvalue weighted by Gasteiger charge is -2.35. The number of pyridine rings is 1. The van der Waals surface area contributed by atoms with Gasteiger partial charge in [-0.2, -0.15) is 5.26 Å². The SMILES string of the molecule is CC(c1nc2ccccc2[nH]1)N1CCC(CCCc2cccnc2C#N)CC1. The van der Waals surface area contributed by atoms with Crippen LogP contribution in [0.1, 0.15) is 55.7 Å². The van der Waals surface area contributed by atoms with Crippen LogP contribution in [0.3, 0.4) is 0 Å². The maximum atomic E-state index is 9.16. The van der Waals surface area contributed by atoms with Crippen molar-refractivity contribution in [1.82, 2.24) is 19.9 Å². The lowest BCUT2D eigenvalue weighted by atomic mass is 9.90. The lowest BCUT2D eigenvalue weighted by molar-refractivity contribution is 0.133. The first-order chi connectivity index (χ1) is 13.7. The number of aryl methyl sites for hydroxylation is 1. The van der Waals surface area contributed by atoms with Gasteiger partial charge >= 0.3 is 0 Å². The number of imidazole rings is 1. The maximum absolute atomic E-state index is 9.16. The predicted molar refractivity (Wildman–Crippen MR) is 111 cm³/mol. The minimum atomic E-state index is 0.321. The summed E-state index contributed by atoms with van der Waals surface area (Å²) in [6.45, 7) is 4.50. The molecule has 3 heterocycles. The van der Waals surface area contributed by atoms with E-state index in [1.54, 1.807) is 6.20 Å². The number of piperidine rings is 1. The Bertz CT molecular complexity index is 929. The molecule has 1 N–H and O–H groups in total. The molecule has 0 aliphatic carbocycles. The Labute approximate surface area is 166 Å². The molecule has 144 valence electrons. The van der Waals surface area contributed by atoms with E-state index in [1.165, 1.54) is 19.3 Å². The van der Waals surface area contributed by atoms with Gasteiger partial charge in [0.2, 0.25) is 0 Å². The van der Waals surface area contributed by atoms with E-state index in [9.17, 15) is 0 Å². The van der Waals surface area contributed by atoms with Crippen molar-refractivity contribution in [2.24, 2.45) is 5.92 Å². The van der Waals surface area contributed by atoms with Crippen molar-refractivity contribution >= 4 is 11.0 Å². The molecule has 1 unspecified atom stereocenters. The van der Waals surface area contributed by atoms with Crippen LogP contribution in [0.15, 0.2) is 42.6 Å². The van der Waals surface area contributed by atoms with Gasteiger partial charge in [0, 0.05) is 6.20 Å². The predicted octanol–water partition coefficient (Wildman–Crippen LogP) is 4.63. The Morgan fingerprint density at radius 2 is 2.04 bits per heavy atom. The average Bonchev–Trinajstić information content (AvgIpc) is 3.18. The topological polar surface area (TPSA) is 68.6 Å². The van der Waals surface area contributed by atoms with Crippen LogP contribution < -0.4 is 0 Å². The van der Waals surface area contributed by atoms with Gasteiger partial charge in [0.05, 0.1) is 17.1 Å². The van der Waals surface area contributed by atoms with Gasteiger partial charge in [-0.1, -0.05) is 24.6 Å². The van der Waals surface area contributed by atoms with E-state index in [1.807, 2.05) is 24.3 Å². The molecule has 1 fully saturated rings. The van der Waals surface area contributed by atoms with Crippen molar-refractivity contribution in [3.63, 3.8) is 0 Å². The molecule has 3 aromatic rings. The first kappa shape index (κ1) is 18.6. The van der Waals surface area contributed by atoms with Crippen LogP contribution in [0.25, 0.3) is 11.0 Å². The number of H-pyrrole nitrogens is 1. The van der Waals surface area contributed by atoms with E-state index in [0.29, 0.717) is 11.7 Å². The first-order valence-electron chi connectivity index (χ1n) is 10.3. The van der Waals surface area contributed by atoms with Gasteiger partial charge in [0.25, 0.3) is 0 Å². The van der Waals surface area contributed by atoms with E-state index in [-0.39, 0.29) is 0 Å². The maximum Gasteiger partial charge on any atom is 0.143 e. The fourth-order valence-electron chi connectivity index (χ4n) is 4.29. The summed E-state index contributed by atoms with van der Waals surface area (Å²) in [6, 6.07) is 14.7. The Morgan fingerprint density at radius 1 is 1.21 bits per heavy atom. The van der Waals surface area contributed by atoms with Crippen molar-refractivity contribution in [3.8, 4) is 6.07 Å². The van der Waals surface area contributed by atoms with Crippen molar-refractivity contribution in [2.75, 3.05) is 13.1 Å². The monoisotopic (exact) mass is 373 g/mol. The van der Waals surface area contributed by atoms with Gasteiger partial charge in [-0.3, -0.25) is 4.90 Å². The lowest BCUT2D eigenvalue weighted by Crippen LogP contribution is -2.36. The summed E-state index contributed by atoms with van der Waals surface area (Å²) in [5.74, 6) is 1.85. The second-order valence-corrected chi connectivity index (χ2v) is 7.81. The van der Waals surface area contributed by atoms with Crippen LogP contribution in [0, 0.1) is 17.2 Å². The summed E-state index contributed by atoms with van der Waals surface area (Å²) < 4.78 is 0. The van der Waals surface area contributed by atoms with Crippen LogP contribution in [0.4, 0.5) is 0 Å². The number of hydrogen-bond donors (Lipinski definition) is 1. The molecule has 0 saturated carbocycles. The second-order valence-electron chi connectivity index (χ2n) is 7.81. The number of nitrogens with zero attached hydrogens (tertiary/aromatic N) is 4. The van der Waals surface area contributed by atoms with Gasteiger partial charge < -0.3 is 4.98 Å². The fraction of sp³-hybridized carbons (Fsp3) is 0.435. The van der Waals surface area contributed by atoms with Gasteiger partial charge in [0.1, 0.15) is 17.6 Å². The average molecular weight is 374 g/mol. The zero-order chi connectivity index (χ0) is 19.3. The summed E-state index contributed by atoms with van der Waals surface area (Å²) in [6.07, 6.45) is 7.48. The van der Waals surface area contributed by atoms with Crippen LogP contribution in [-0.4, -0.2) is 32.9 Å². The quantitative estimate of drug-likeness (QED) is 0.684. The van der Waals surface area contributed by atoms with Gasteiger partial charge in [-0.15, -0.1) is 0 Å². The minimum Gasteiger partial charge on any atom is -0.341 e. The number of aromatic nitrogens is 3. The molecular formula is C23H27N5. The van der Waals surface area contributed by atoms with Crippen molar-refractivity contribution in [3.05, 3.63) is 59.7 Å². The third-order valence-corrected chi connectivity index (χ3v) is 6.06. The summed E-state index contributed by atoms with van der Waals surface area (Å²) in [7, 11) is 0. The van der Waals surface area contributed by atoms with Crippen molar-refractivity contribution in [1.29, 1.82) is 5.26 Å². The number of fused-ring (bicyclic) bond motifs is 1. The van der Waals surface area contributed by atoms with E-state index < -0.39 is 0 Å². The third kappa shape index (κ3) is 4.07. The number of para-hydroxylation sites is 2. The summed E-state index contributed by atoms with van der Waals surface area (Å²) in [4.78, 5) is 15.0. The first-order valence-corrected chi connectivity index (χ1v) is 10.3. The molecular weight excluding hydrogens is 346 g/mol. The molecule has 5 nitrogen and oxygen atoms in total. The Morgan fingerprint density at radius 3 is 2.82 bits per heavy atom. The highest BCUT2D eigenvalue weighted by Gasteiger charge is 2.25. The largest absolute Gasteiger partial charge is 0.341 e. The van der Waals surface area contributed by atoms with Crippen LogP contribution in [-0.2, 0) is 6.42 Å². The van der Waals surface area contributed by atoms with Crippen LogP contribution >= 0.6 is 0 Å². The molecule has 0 radical (unpaired) electrons. The number of aromatic amines is 1. The van der Waals surface area contributed by atoms with E-state index in [2.05, 4.69) is 40.0 Å². The Kier molecular flexibility index (Phi) is 5.68. The molecule has 0 amide bonds. The van der Waals surface area contributed by atoms with Crippen LogP contribution in [0.2, 0.25) is 0 Å². The minimum absolute atomic E-state index is 0.321. The number of likely N-dealkylation sites (tertiary alicyclic amines) is 1. The molecule has 4 rings (SSSR count). The highest BCUT2D eigenvalue weighted by Crippen LogP contribution is 2.29. The molecule has 0 spiro atoms. The Hall–Kier alpha value is -2.71. The molecule has 28 heavy (non-hydrogen) atoms. The molecule has 5 heteroatoms. The third-order valence-electron chi connectivity index (χ3n) is 6.06. The second kappa shape index (κ2) is 8.53. The smallest absolute Gasteiger partial charge is 0.143 e. The number of benzene rings is 1. The molecule has 1 atom stereocenters. The summed E-state index contributed by atoms with van der Waals surface area (Å²) >= 11 is 0. The number of nitrogens with one attached hydrogen (secondary N) is 1. The van der Waals surface area contributed by atoms with E-state index in [4.69, 9.17) is 10.2 Å². The number of hydrogen-bond acceptors (Lipinski definition) is 4. The normalized spacial score (nSPS) is 16.9.